The Balaban J connectivity index is 2.32. The number of terminal acetylenes is 1. The molecule has 18 heavy (non-hydrogen) atoms. The summed E-state index contributed by atoms with van der Waals surface area (Å²) in [5.74, 6) is 4.25. The van der Waals surface area contributed by atoms with E-state index in [9.17, 15) is 4.79 Å². The number of rotatable bonds is 6. The first kappa shape index (κ1) is 15.4. The van der Waals surface area contributed by atoms with Crippen LogP contribution in [0.5, 0.6) is 0 Å². The largest absolute Gasteiger partial charge is 0.354 e. The molecular weight excluding hydrogens is 246 g/mol. The van der Waals surface area contributed by atoms with Crippen LogP contribution in [0.2, 0.25) is 0 Å². The number of nitrogens with zero attached hydrogens (tertiary/aromatic N) is 1. The number of amides is 1. The molecule has 1 fully saturated rings. The standard InChI is InChI=1S/C13H23N3OS/c1-4-10-18-11-7-15-12(17)13(2,3)16-8-5-14-6-9-16/h1,14H,5-11H2,2-3H3,(H,15,17). The van der Waals surface area contributed by atoms with E-state index < -0.39 is 5.54 Å². The van der Waals surface area contributed by atoms with Crippen molar-refractivity contribution in [1.82, 2.24) is 15.5 Å². The van der Waals surface area contributed by atoms with E-state index in [1.807, 2.05) is 13.8 Å². The predicted molar refractivity (Wildman–Crippen MR) is 77.7 cm³/mol. The molecule has 0 spiro atoms. The molecule has 1 saturated heterocycles. The molecule has 102 valence electrons. The highest BCUT2D eigenvalue weighted by atomic mass is 32.2. The van der Waals surface area contributed by atoms with Crippen LogP contribution in [-0.2, 0) is 4.79 Å². The molecule has 0 atom stereocenters. The van der Waals surface area contributed by atoms with Crippen molar-refractivity contribution in [2.45, 2.75) is 19.4 Å². The molecule has 5 heteroatoms. The summed E-state index contributed by atoms with van der Waals surface area (Å²) in [6, 6.07) is 0. The normalized spacial score (nSPS) is 17.2. The summed E-state index contributed by atoms with van der Waals surface area (Å²) in [4.78, 5) is 14.4. The van der Waals surface area contributed by atoms with Gasteiger partial charge in [0.25, 0.3) is 0 Å². The number of nitrogens with one attached hydrogen (secondary N) is 2. The number of hydrogen-bond acceptors (Lipinski definition) is 4. The molecule has 0 aromatic rings. The zero-order chi connectivity index (χ0) is 13.4. The fourth-order valence-corrected chi connectivity index (χ4v) is 2.46. The first-order valence-corrected chi connectivity index (χ1v) is 7.50. The first-order chi connectivity index (χ1) is 8.59. The highest BCUT2D eigenvalue weighted by Crippen LogP contribution is 2.15. The Labute approximate surface area is 114 Å². The average molecular weight is 269 g/mol. The van der Waals surface area contributed by atoms with Gasteiger partial charge >= 0.3 is 0 Å². The SMILES string of the molecule is C#CCSCCNC(=O)C(C)(C)N1CCNCC1. The molecule has 4 nitrogen and oxygen atoms in total. The maximum absolute atomic E-state index is 12.2. The molecule has 1 aliphatic rings. The van der Waals surface area contributed by atoms with E-state index in [1.165, 1.54) is 0 Å². The second kappa shape index (κ2) is 7.67. The van der Waals surface area contributed by atoms with Crippen molar-refractivity contribution in [3.05, 3.63) is 0 Å². The van der Waals surface area contributed by atoms with Crippen LogP contribution >= 0.6 is 11.8 Å². The van der Waals surface area contributed by atoms with E-state index in [0.717, 1.165) is 31.9 Å². The second-order valence-electron chi connectivity index (χ2n) is 4.81. The van der Waals surface area contributed by atoms with Gasteiger partial charge in [0.05, 0.1) is 11.3 Å². The van der Waals surface area contributed by atoms with Crippen LogP contribution < -0.4 is 10.6 Å². The van der Waals surface area contributed by atoms with Crippen molar-refractivity contribution in [1.29, 1.82) is 0 Å². The number of hydrogen-bond donors (Lipinski definition) is 2. The summed E-state index contributed by atoms with van der Waals surface area (Å²) in [5.41, 5.74) is -0.432. The molecule has 1 amide bonds. The van der Waals surface area contributed by atoms with Crippen molar-refractivity contribution < 1.29 is 4.79 Å². The minimum Gasteiger partial charge on any atom is -0.354 e. The van der Waals surface area contributed by atoms with Crippen molar-refractivity contribution in [3.63, 3.8) is 0 Å². The Morgan fingerprint density at radius 1 is 1.50 bits per heavy atom. The molecule has 1 aliphatic heterocycles. The van der Waals surface area contributed by atoms with Crippen LogP contribution in [0.4, 0.5) is 0 Å². The average Bonchev–Trinajstić information content (AvgIpc) is 2.39. The Bertz CT molecular complexity index is 306. The fraction of sp³-hybridized carbons (Fsp3) is 0.769. The minimum absolute atomic E-state index is 0.103. The quantitative estimate of drug-likeness (QED) is 0.532. The van der Waals surface area contributed by atoms with Gasteiger partial charge < -0.3 is 10.6 Å². The van der Waals surface area contributed by atoms with E-state index in [2.05, 4.69) is 21.5 Å². The highest BCUT2D eigenvalue weighted by Gasteiger charge is 2.34. The number of thioether (sulfide) groups is 1. The van der Waals surface area contributed by atoms with E-state index in [1.54, 1.807) is 11.8 Å². The lowest BCUT2D eigenvalue weighted by molar-refractivity contribution is -0.132. The molecule has 0 unspecified atom stereocenters. The van der Waals surface area contributed by atoms with Crippen LogP contribution in [0, 0.1) is 12.3 Å². The Kier molecular flexibility index (Phi) is 6.55. The van der Waals surface area contributed by atoms with E-state index >= 15 is 0 Å². The molecule has 0 saturated carbocycles. The van der Waals surface area contributed by atoms with Gasteiger partial charge in [-0.3, -0.25) is 9.69 Å². The zero-order valence-corrected chi connectivity index (χ0v) is 12.1. The van der Waals surface area contributed by atoms with Gasteiger partial charge in [-0.2, -0.15) is 0 Å². The van der Waals surface area contributed by atoms with Crippen LogP contribution in [0.15, 0.2) is 0 Å². The second-order valence-corrected chi connectivity index (χ2v) is 5.91. The fourth-order valence-electron chi connectivity index (χ4n) is 1.95. The highest BCUT2D eigenvalue weighted by molar-refractivity contribution is 7.99. The third-order valence-corrected chi connectivity index (χ3v) is 4.04. The van der Waals surface area contributed by atoms with Crippen LogP contribution in [-0.4, -0.2) is 60.6 Å². The first-order valence-electron chi connectivity index (χ1n) is 6.34. The smallest absolute Gasteiger partial charge is 0.239 e. The summed E-state index contributed by atoms with van der Waals surface area (Å²) < 4.78 is 0. The molecule has 0 aliphatic carbocycles. The topological polar surface area (TPSA) is 44.4 Å². The number of piperazine rings is 1. The van der Waals surface area contributed by atoms with Gasteiger partial charge in [-0.1, -0.05) is 5.92 Å². The lowest BCUT2D eigenvalue weighted by atomic mass is 10.0. The number of carbonyl (C=O) groups is 1. The molecule has 0 bridgehead atoms. The lowest BCUT2D eigenvalue weighted by Gasteiger charge is -2.39. The van der Waals surface area contributed by atoms with Gasteiger partial charge in [0.2, 0.25) is 5.91 Å². The molecule has 2 N–H and O–H groups in total. The maximum Gasteiger partial charge on any atom is 0.239 e. The van der Waals surface area contributed by atoms with Crippen molar-refractivity contribution >= 4 is 17.7 Å². The van der Waals surface area contributed by atoms with Crippen molar-refractivity contribution in [3.8, 4) is 12.3 Å². The maximum atomic E-state index is 12.2. The van der Waals surface area contributed by atoms with Gasteiger partial charge in [0.15, 0.2) is 0 Å². The minimum atomic E-state index is -0.432. The van der Waals surface area contributed by atoms with E-state index in [0.29, 0.717) is 12.3 Å². The van der Waals surface area contributed by atoms with Gasteiger partial charge in [0.1, 0.15) is 0 Å². The summed E-state index contributed by atoms with van der Waals surface area (Å²) >= 11 is 1.67. The Morgan fingerprint density at radius 2 is 2.17 bits per heavy atom. The van der Waals surface area contributed by atoms with E-state index in [4.69, 9.17) is 6.42 Å². The molecular formula is C13H23N3OS. The van der Waals surface area contributed by atoms with Gasteiger partial charge in [0, 0.05) is 38.5 Å². The van der Waals surface area contributed by atoms with Gasteiger partial charge in [-0.15, -0.1) is 18.2 Å². The van der Waals surface area contributed by atoms with Crippen LogP contribution in [0.3, 0.4) is 0 Å². The summed E-state index contributed by atoms with van der Waals surface area (Å²) in [6.07, 6.45) is 5.17. The van der Waals surface area contributed by atoms with Crippen LogP contribution in [0.1, 0.15) is 13.8 Å². The third kappa shape index (κ3) is 4.52. The summed E-state index contributed by atoms with van der Waals surface area (Å²) in [5, 5.41) is 6.29. The molecule has 0 aromatic heterocycles. The molecule has 0 aromatic carbocycles. The van der Waals surface area contributed by atoms with Crippen molar-refractivity contribution in [2.24, 2.45) is 0 Å². The predicted octanol–water partition coefficient (Wildman–Crippen LogP) is 0.153. The van der Waals surface area contributed by atoms with Gasteiger partial charge in [-0.05, 0) is 13.8 Å². The molecule has 1 heterocycles. The summed E-state index contributed by atoms with van der Waals surface area (Å²) in [7, 11) is 0. The van der Waals surface area contributed by atoms with Crippen molar-refractivity contribution in [2.75, 3.05) is 44.2 Å². The number of carbonyl (C=O) groups excluding carboxylic acids is 1. The molecule has 1 rings (SSSR count). The zero-order valence-electron chi connectivity index (χ0n) is 11.3. The summed E-state index contributed by atoms with van der Waals surface area (Å²) in [6.45, 7) is 8.41. The van der Waals surface area contributed by atoms with Crippen LogP contribution in [0.25, 0.3) is 0 Å². The Hall–Kier alpha value is -0.700. The Morgan fingerprint density at radius 3 is 2.78 bits per heavy atom. The van der Waals surface area contributed by atoms with Gasteiger partial charge in [-0.25, -0.2) is 0 Å². The van der Waals surface area contributed by atoms with E-state index in [-0.39, 0.29) is 5.91 Å². The molecule has 0 radical (unpaired) electrons. The monoisotopic (exact) mass is 269 g/mol. The lowest BCUT2D eigenvalue weighted by Crippen LogP contribution is -2.60. The third-order valence-electron chi connectivity index (χ3n) is 3.18.